The number of carbonyl (C=O) groups excluding carboxylic acids is 1. The Morgan fingerprint density at radius 2 is 1.95 bits per heavy atom. The standard InChI is InChI=1S/C15H18N2O2/c1-2-3-4-5-6-14-16-15(17-19-14)13-9-7-12(11-18)8-10-13/h7-11H,2-6H2,1H3. The van der Waals surface area contributed by atoms with Crippen LogP contribution in [0.1, 0.15) is 48.9 Å². The molecule has 0 aliphatic carbocycles. The zero-order valence-corrected chi connectivity index (χ0v) is 11.1. The van der Waals surface area contributed by atoms with Crippen molar-refractivity contribution >= 4 is 6.29 Å². The molecule has 1 aromatic heterocycles. The maximum absolute atomic E-state index is 10.6. The van der Waals surface area contributed by atoms with Crippen LogP contribution in [0.3, 0.4) is 0 Å². The van der Waals surface area contributed by atoms with Crippen LogP contribution in [-0.2, 0) is 6.42 Å². The molecule has 2 aromatic rings. The number of hydrogen-bond acceptors (Lipinski definition) is 4. The summed E-state index contributed by atoms with van der Waals surface area (Å²) < 4.78 is 5.23. The van der Waals surface area contributed by atoms with Gasteiger partial charge in [-0.15, -0.1) is 0 Å². The third-order valence-electron chi connectivity index (χ3n) is 3.02. The van der Waals surface area contributed by atoms with Crippen molar-refractivity contribution in [1.82, 2.24) is 10.1 Å². The molecule has 0 atom stereocenters. The van der Waals surface area contributed by atoms with Gasteiger partial charge in [-0.2, -0.15) is 4.98 Å². The van der Waals surface area contributed by atoms with Crippen molar-refractivity contribution in [3.63, 3.8) is 0 Å². The Morgan fingerprint density at radius 1 is 1.16 bits per heavy atom. The molecule has 0 fully saturated rings. The Morgan fingerprint density at radius 3 is 2.63 bits per heavy atom. The van der Waals surface area contributed by atoms with Gasteiger partial charge in [-0.25, -0.2) is 0 Å². The Balaban J connectivity index is 1.97. The number of hydrogen-bond donors (Lipinski definition) is 0. The molecule has 0 bridgehead atoms. The number of aldehydes is 1. The molecule has 0 saturated carbocycles. The number of aryl methyl sites for hydroxylation is 1. The highest BCUT2D eigenvalue weighted by atomic mass is 16.5. The average molecular weight is 258 g/mol. The highest BCUT2D eigenvalue weighted by Gasteiger charge is 2.08. The Hall–Kier alpha value is -1.97. The van der Waals surface area contributed by atoms with E-state index in [0.717, 1.165) is 24.7 Å². The van der Waals surface area contributed by atoms with E-state index in [-0.39, 0.29) is 0 Å². The largest absolute Gasteiger partial charge is 0.339 e. The second kappa shape index (κ2) is 6.83. The molecular formula is C15H18N2O2. The third-order valence-corrected chi connectivity index (χ3v) is 3.02. The van der Waals surface area contributed by atoms with Crippen LogP contribution in [-0.4, -0.2) is 16.4 Å². The van der Waals surface area contributed by atoms with E-state index >= 15 is 0 Å². The summed E-state index contributed by atoms with van der Waals surface area (Å²) in [6.07, 6.45) is 6.40. The lowest BCUT2D eigenvalue weighted by molar-refractivity contribution is 0.112. The molecule has 4 heteroatoms. The molecule has 0 saturated heterocycles. The highest BCUT2D eigenvalue weighted by molar-refractivity contribution is 5.76. The first-order valence-corrected chi connectivity index (χ1v) is 6.71. The molecule has 19 heavy (non-hydrogen) atoms. The van der Waals surface area contributed by atoms with Gasteiger partial charge in [-0.3, -0.25) is 4.79 Å². The lowest BCUT2D eigenvalue weighted by atomic mass is 10.1. The third kappa shape index (κ3) is 3.74. The van der Waals surface area contributed by atoms with Gasteiger partial charge in [-0.05, 0) is 6.42 Å². The predicted molar refractivity (Wildman–Crippen MR) is 73.0 cm³/mol. The maximum Gasteiger partial charge on any atom is 0.226 e. The van der Waals surface area contributed by atoms with Crippen molar-refractivity contribution in [2.45, 2.75) is 39.0 Å². The van der Waals surface area contributed by atoms with Crippen LogP contribution in [0.25, 0.3) is 11.4 Å². The van der Waals surface area contributed by atoms with E-state index < -0.39 is 0 Å². The molecular weight excluding hydrogens is 240 g/mol. The summed E-state index contributed by atoms with van der Waals surface area (Å²) in [5.74, 6) is 1.27. The van der Waals surface area contributed by atoms with Crippen LogP contribution < -0.4 is 0 Å². The number of nitrogens with zero attached hydrogens (tertiary/aromatic N) is 2. The van der Waals surface area contributed by atoms with Crippen LogP contribution in [0.4, 0.5) is 0 Å². The van der Waals surface area contributed by atoms with Gasteiger partial charge in [0.15, 0.2) is 0 Å². The molecule has 0 aliphatic rings. The van der Waals surface area contributed by atoms with Gasteiger partial charge in [0, 0.05) is 17.5 Å². The SMILES string of the molecule is CCCCCCc1nc(-c2ccc(C=O)cc2)no1. The average Bonchev–Trinajstić information content (AvgIpc) is 2.92. The highest BCUT2D eigenvalue weighted by Crippen LogP contribution is 2.17. The zero-order chi connectivity index (χ0) is 13.5. The Bertz CT molecular complexity index is 517. The fraction of sp³-hybridized carbons (Fsp3) is 0.400. The molecule has 1 heterocycles. The summed E-state index contributed by atoms with van der Waals surface area (Å²) in [5, 5.41) is 3.97. The maximum atomic E-state index is 10.6. The van der Waals surface area contributed by atoms with Gasteiger partial charge >= 0.3 is 0 Å². The van der Waals surface area contributed by atoms with Crippen molar-refractivity contribution in [3.05, 3.63) is 35.7 Å². The summed E-state index contributed by atoms with van der Waals surface area (Å²) in [6, 6.07) is 7.16. The second-order valence-electron chi connectivity index (χ2n) is 4.56. The van der Waals surface area contributed by atoms with E-state index in [9.17, 15) is 4.79 Å². The minimum Gasteiger partial charge on any atom is -0.339 e. The van der Waals surface area contributed by atoms with E-state index in [4.69, 9.17) is 4.52 Å². The molecule has 0 spiro atoms. The van der Waals surface area contributed by atoms with Crippen molar-refractivity contribution in [2.75, 3.05) is 0 Å². The molecule has 2 rings (SSSR count). The molecule has 0 unspecified atom stereocenters. The number of rotatable bonds is 7. The number of aromatic nitrogens is 2. The minimum atomic E-state index is 0.586. The first kappa shape index (κ1) is 13.5. The second-order valence-corrected chi connectivity index (χ2v) is 4.56. The van der Waals surface area contributed by atoms with Gasteiger partial charge in [-0.1, -0.05) is 55.6 Å². The summed E-state index contributed by atoms with van der Waals surface area (Å²) >= 11 is 0. The molecule has 0 radical (unpaired) electrons. The zero-order valence-electron chi connectivity index (χ0n) is 11.1. The summed E-state index contributed by atoms with van der Waals surface area (Å²) in [5.41, 5.74) is 1.51. The monoisotopic (exact) mass is 258 g/mol. The fourth-order valence-electron chi connectivity index (χ4n) is 1.89. The van der Waals surface area contributed by atoms with E-state index in [2.05, 4.69) is 17.1 Å². The molecule has 0 aliphatic heterocycles. The quantitative estimate of drug-likeness (QED) is 0.561. The lowest BCUT2D eigenvalue weighted by Crippen LogP contribution is -1.87. The smallest absolute Gasteiger partial charge is 0.226 e. The predicted octanol–water partition coefficient (Wildman–Crippen LogP) is 3.67. The van der Waals surface area contributed by atoms with E-state index in [1.54, 1.807) is 12.1 Å². The minimum absolute atomic E-state index is 0.586. The van der Waals surface area contributed by atoms with Gasteiger partial charge in [0.25, 0.3) is 0 Å². The van der Waals surface area contributed by atoms with E-state index in [0.29, 0.717) is 17.3 Å². The number of carbonyl (C=O) groups is 1. The van der Waals surface area contributed by atoms with Crippen LogP contribution in [0.2, 0.25) is 0 Å². The molecule has 0 N–H and O–H groups in total. The topological polar surface area (TPSA) is 56.0 Å². The number of benzene rings is 1. The molecule has 4 nitrogen and oxygen atoms in total. The van der Waals surface area contributed by atoms with Crippen molar-refractivity contribution < 1.29 is 9.32 Å². The van der Waals surface area contributed by atoms with E-state index in [1.165, 1.54) is 19.3 Å². The van der Waals surface area contributed by atoms with Gasteiger partial charge < -0.3 is 4.52 Å². The van der Waals surface area contributed by atoms with Crippen LogP contribution in [0.15, 0.2) is 28.8 Å². The van der Waals surface area contributed by atoms with Gasteiger partial charge in [0.1, 0.15) is 6.29 Å². The van der Waals surface area contributed by atoms with Crippen LogP contribution >= 0.6 is 0 Å². The van der Waals surface area contributed by atoms with Crippen LogP contribution in [0.5, 0.6) is 0 Å². The first-order chi connectivity index (χ1) is 9.33. The van der Waals surface area contributed by atoms with E-state index in [1.807, 2.05) is 12.1 Å². The number of unbranched alkanes of at least 4 members (excludes halogenated alkanes) is 3. The normalized spacial score (nSPS) is 10.6. The van der Waals surface area contributed by atoms with Gasteiger partial charge in [0.2, 0.25) is 11.7 Å². The fourth-order valence-corrected chi connectivity index (χ4v) is 1.89. The Labute approximate surface area is 112 Å². The summed E-state index contributed by atoms with van der Waals surface area (Å²) in [6.45, 7) is 2.19. The summed E-state index contributed by atoms with van der Waals surface area (Å²) in [4.78, 5) is 14.9. The van der Waals surface area contributed by atoms with Gasteiger partial charge in [0.05, 0.1) is 0 Å². The van der Waals surface area contributed by atoms with Crippen molar-refractivity contribution in [3.8, 4) is 11.4 Å². The van der Waals surface area contributed by atoms with Crippen molar-refractivity contribution in [1.29, 1.82) is 0 Å². The van der Waals surface area contributed by atoms with Crippen molar-refractivity contribution in [2.24, 2.45) is 0 Å². The molecule has 100 valence electrons. The molecule has 1 aromatic carbocycles. The summed E-state index contributed by atoms with van der Waals surface area (Å²) in [7, 11) is 0. The lowest BCUT2D eigenvalue weighted by Gasteiger charge is -1.95. The molecule has 0 amide bonds. The first-order valence-electron chi connectivity index (χ1n) is 6.71. The van der Waals surface area contributed by atoms with Crippen LogP contribution in [0, 0.1) is 0 Å². The Kier molecular flexibility index (Phi) is 4.84.